The molecule has 18 heavy (non-hydrogen) atoms. The highest BCUT2D eigenvalue weighted by molar-refractivity contribution is 5.86. The third-order valence-corrected chi connectivity index (χ3v) is 4.39. The molecule has 1 heterocycles. The molecule has 1 N–H and O–H groups in total. The van der Waals surface area contributed by atoms with Crippen LogP contribution in [-0.2, 0) is 4.79 Å². The summed E-state index contributed by atoms with van der Waals surface area (Å²) in [5.41, 5.74) is -0.319. The second kappa shape index (κ2) is 7.13. The van der Waals surface area contributed by atoms with E-state index in [9.17, 15) is 4.79 Å². The molecule has 1 rings (SSSR count). The van der Waals surface area contributed by atoms with E-state index in [2.05, 4.69) is 37.9 Å². The van der Waals surface area contributed by atoms with Crippen LogP contribution in [0.1, 0.15) is 59.8 Å². The average Bonchev–Trinajstić information content (AvgIpc) is 2.40. The number of carbonyl (C=O) groups excluding carboxylic acids is 1. The highest BCUT2D eigenvalue weighted by atomic mass is 16.2. The van der Waals surface area contributed by atoms with Crippen molar-refractivity contribution in [2.24, 2.45) is 5.92 Å². The molecule has 1 saturated heterocycles. The number of likely N-dealkylation sites (N-methyl/N-ethyl adjacent to an activating group) is 1. The SMILES string of the molecule is CCC(CC)CN(CC)C(=O)C1(C)CCCCN1. The molecule has 1 atom stereocenters. The lowest BCUT2D eigenvalue weighted by Crippen LogP contribution is -2.58. The Balaban J connectivity index is 2.65. The van der Waals surface area contributed by atoms with Crippen molar-refractivity contribution in [3.63, 3.8) is 0 Å². The predicted molar refractivity (Wildman–Crippen MR) is 76.6 cm³/mol. The lowest BCUT2D eigenvalue weighted by molar-refractivity contribution is -0.139. The maximum atomic E-state index is 12.7. The lowest BCUT2D eigenvalue weighted by Gasteiger charge is -2.38. The molecule has 3 heteroatoms. The van der Waals surface area contributed by atoms with E-state index in [0.29, 0.717) is 11.8 Å². The first-order chi connectivity index (χ1) is 8.57. The molecule has 106 valence electrons. The molecule has 0 spiro atoms. The van der Waals surface area contributed by atoms with Gasteiger partial charge < -0.3 is 10.2 Å². The second-order valence-corrected chi connectivity index (χ2v) is 5.74. The third kappa shape index (κ3) is 3.71. The van der Waals surface area contributed by atoms with Gasteiger partial charge in [0.1, 0.15) is 0 Å². The van der Waals surface area contributed by atoms with Crippen molar-refractivity contribution >= 4 is 5.91 Å². The Hall–Kier alpha value is -0.570. The molecule has 0 bridgehead atoms. The molecular weight excluding hydrogens is 224 g/mol. The fourth-order valence-electron chi connectivity index (χ4n) is 2.80. The van der Waals surface area contributed by atoms with Crippen LogP contribution in [0.15, 0.2) is 0 Å². The van der Waals surface area contributed by atoms with Crippen LogP contribution in [0.3, 0.4) is 0 Å². The van der Waals surface area contributed by atoms with Crippen molar-refractivity contribution in [2.75, 3.05) is 19.6 Å². The number of nitrogens with one attached hydrogen (secondary N) is 1. The van der Waals surface area contributed by atoms with Gasteiger partial charge in [0.25, 0.3) is 0 Å². The molecule has 3 nitrogen and oxygen atoms in total. The largest absolute Gasteiger partial charge is 0.341 e. The summed E-state index contributed by atoms with van der Waals surface area (Å²) >= 11 is 0. The maximum absolute atomic E-state index is 12.7. The van der Waals surface area contributed by atoms with E-state index in [1.54, 1.807) is 0 Å². The van der Waals surface area contributed by atoms with Gasteiger partial charge in [-0.15, -0.1) is 0 Å². The highest BCUT2D eigenvalue weighted by Gasteiger charge is 2.37. The summed E-state index contributed by atoms with van der Waals surface area (Å²) in [7, 11) is 0. The van der Waals surface area contributed by atoms with Crippen molar-refractivity contribution in [3.8, 4) is 0 Å². The Morgan fingerprint density at radius 3 is 2.39 bits per heavy atom. The van der Waals surface area contributed by atoms with Gasteiger partial charge in [0.05, 0.1) is 5.54 Å². The quantitative estimate of drug-likeness (QED) is 0.790. The zero-order chi connectivity index (χ0) is 13.6. The number of amides is 1. The molecule has 1 aliphatic rings. The number of piperidine rings is 1. The van der Waals surface area contributed by atoms with Crippen molar-refractivity contribution in [3.05, 3.63) is 0 Å². The van der Waals surface area contributed by atoms with Gasteiger partial charge in [0.2, 0.25) is 5.91 Å². The summed E-state index contributed by atoms with van der Waals surface area (Å²) in [5, 5.41) is 3.43. The Bertz CT molecular complexity index is 255. The smallest absolute Gasteiger partial charge is 0.242 e. The van der Waals surface area contributed by atoms with E-state index >= 15 is 0 Å². The molecule has 0 aromatic heterocycles. The number of hydrogen-bond acceptors (Lipinski definition) is 2. The van der Waals surface area contributed by atoms with Gasteiger partial charge in [-0.25, -0.2) is 0 Å². The summed E-state index contributed by atoms with van der Waals surface area (Å²) < 4.78 is 0. The first-order valence-electron chi connectivity index (χ1n) is 7.61. The normalized spacial score (nSPS) is 24.3. The minimum absolute atomic E-state index is 0.302. The summed E-state index contributed by atoms with van der Waals surface area (Å²) in [4.78, 5) is 14.7. The van der Waals surface area contributed by atoms with E-state index in [4.69, 9.17) is 0 Å². The predicted octanol–water partition coefficient (Wildman–Crippen LogP) is 2.80. The van der Waals surface area contributed by atoms with Crippen molar-refractivity contribution < 1.29 is 4.79 Å². The molecule has 0 aromatic carbocycles. The van der Waals surface area contributed by atoms with Crippen LogP contribution in [0.2, 0.25) is 0 Å². The fraction of sp³-hybridized carbons (Fsp3) is 0.933. The van der Waals surface area contributed by atoms with Gasteiger partial charge >= 0.3 is 0 Å². The molecule has 1 unspecified atom stereocenters. The molecule has 1 fully saturated rings. The Morgan fingerprint density at radius 1 is 1.28 bits per heavy atom. The van der Waals surface area contributed by atoms with Crippen LogP contribution in [-0.4, -0.2) is 36.0 Å². The minimum Gasteiger partial charge on any atom is -0.341 e. The van der Waals surface area contributed by atoms with Crippen LogP contribution in [0.4, 0.5) is 0 Å². The van der Waals surface area contributed by atoms with E-state index in [1.165, 1.54) is 6.42 Å². The monoisotopic (exact) mass is 254 g/mol. The molecule has 0 radical (unpaired) electrons. The first-order valence-corrected chi connectivity index (χ1v) is 7.61. The van der Waals surface area contributed by atoms with E-state index in [1.807, 2.05) is 0 Å². The van der Waals surface area contributed by atoms with Crippen molar-refractivity contribution in [2.45, 2.75) is 65.3 Å². The average molecular weight is 254 g/mol. The first kappa shape index (κ1) is 15.5. The van der Waals surface area contributed by atoms with Gasteiger partial charge in [-0.3, -0.25) is 4.79 Å². The summed E-state index contributed by atoms with van der Waals surface area (Å²) in [6, 6.07) is 0. The van der Waals surface area contributed by atoms with Gasteiger partial charge in [-0.1, -0.05) is 26.7 Å². The molecular formula is C15H30N2O. The van der Waals surface area contributed by atoms with Crippen molar-refractivity contribution in [1.82, 2.24) is 10.2 Å². The van der Waals surface area contributed by atoms with Crippen LogP contribution < -0.4 is 5.32 Å². The third-order valence-electron chi connectivity index (χ3n) is 4.39. The van der Waals surface area contributed by atoms with Crippen LogP contribution in [0.25, 0.3) is 0 Å². The maximum Gasteiger partial charge on any atom is 0.242 e. The number of rotatable bonds is 6. The molecule has 0 aromatic rings. The lowest BCUT2D eigenvalue weighted by atomic mass is 9.89. The van der Waals surface area contributed by atoms with Gasteiger partial charge in [-0.2, -0.15) is 0 Å². The molecule has 0 saturated carbocycles. The van der Waals surface area contributed by atoms with Crippen LogP contribution >= 0.6 is 0 Å². The topological polar surface area (TPSA) is 32.3 Å². The van der Waals surface area contributed by atoms with E-state index < -0.39 is 0 Å². The molecule has 0 aliphatic carbocycles. The Kier molecular flexibility index (Phi) is 6.13. The summed E-state index contributed by atoms with van der Waals surface area (Å²) in [5.74, 6) is 0.942. The second-order valence-electron chi connectivity index (χ2n) is 5.74. The van der Waals surface area contributed by atoms with Gasteiger partial charge in [0.15, 0.2) is 0 Å². The Labute approximate surface area is 112 Å². The van der Waals surface area contributed by atoms with Crippen LogP contribution in [0, 0.1) is 5.92 Å². The standard InChI is InChI=1S/C15H30N2O/c1-5-13(6-2)12-17(7-3)14(18)15(4)10-8-9-11-16-15/h13,16H,5-12H2,1-4H3. The van der Waals surface area contributed by atoms with E-state index in [0.717, 1.165) is 45.3 Å². The zero-order valence-electron chi connectivity index (χ0n) is 12.6. The minimum atomic E-state index is -0.319. The summed E-state index contributed by atoms with van der Waals surface area (Å²) in [6.07, 6.45) is 5.65. The van der Waals surface area contributed by atoms with Crippen LogP contribution in [0.5, 0.6) is 0 Å². The molecule has 1 amide bonds. The molecule has 1 aliphatic heterocycles. The Morgan fingerprint density at radius 2 is 1.94 bits per heavy atom. The highest BCUT2D eigenvalue weighted by Crippen LogP contribution is 2.22. The zero-order valence-corrected chi connectivity index (χ0v) is 12.6. The van der Waals surface area contributed by atoms with Gasteiger partial charge in [-0.05, 0) is 45.6 Å². The fourth-order valence-corrected chi connectivity index (χ4v) is 2.80. The van der Waals surface area contributed by atoms with Crippen molar-refractivity contribution in [1.29, 1.82) is 0 Å². The van der Waals surface area contributed by atoms with E-state index in [-0.39, 0.29) is 5.54 Å². The summed E-state index contributed by atoms with van der Waals surface area (Å²) in [6.45, 7) is 11.3. The number of nitrogens with zero attached hydrogens (tertiary/aromatic N) is 1. The number of carbonyl (C=O) groups is 1. The number of hydrogen-bond donors (Lipinski definition) is 1. The van der Waals surface area contributed by atoms with Gasteiger partial charge in [0, 0.05) is 13.1 Å².